The van der Waals surface area contributed by atoms with E-state index in [0.29, 0.717) is 17.5 Å². The highest BCUT2D eigenvalue weighted by Gasteiger charge is 2.10. The lowest BCUT2D eigenvalue weighted by Gasteiger charge is -1.93. The van der Waals surface area contributed by atoms with Crippen LogP contribution in [0.5, 0.6) is 0 Å². The minimum Gasteiger partial charge on any atom is -0.441 e. The first kappa shape index (κ1) is 11.1. The van der Waals surface area contributed by atoms with E-state index in [4.69, 9.17) is 21.1 Å². The molecule has 0 aliphatic heterocycles. The highest BCUT2D eigenvalue weighted by molar-refractivity contribution is 6.29. The Bertz CT molecular complexity index is 479. The first-order valence-corrected chi connectivity index (χ1v) is 5.27. The van der Waals surface area contributed by atoms with Gasteiger partial charge in [0.05, 0.1) is 11.3 Å². The van der Waals surface area contributed by atoms with E-state index in [2.05, 4.69) is 9.97 Å². The first-order valence-electron chi connectivity index (χ1n) is 4.90. The molecule has 16 heavy (non-hydrogen) atoms. The summed E-state index contributed by atoms with van der Waals surface area (Å²) in [4.78, 5) is 8.25. The lowest BCUT2D eigenvalue weighted by Crippen LogP contribution is -1.92. The third-order valence-corrected chi connectivity index (χ3v) is 2.44. The normalized spacial score (nSPS) is 10.7. The average molecular weight is 239 g/mol. The molecule has 4 nitrogen and oxygen atoms in total. The Labute approximate surface area is 97.9 Å². The molecule has 0 unspecified atom stereocenters. The van der Waals surface area contributed by atoms with Crippen LogP contribution >= 0.6 is 11.6 Å². The maximum atomic E-state index is 8.85. The lowest BCUT2D eigenvalue weighted by atomic mass is 10.3. The summed E-state index contributed by atoms with van der Waals surface area (Å²) in [5.74, 6) is 1.23. The SMILES string of the molecule is Cc1oc(-c2ccc(Cl)nc2)nc1CCO. The van der Waals surface area contributed by atoms with Gasteiger partial charge in [0.25, 0.3) is 0 Å². The molecule has 0 radical (unpaired) electrons. The number of aromatic nitrogens is 2. The molecule has 0 amide bonds. The van der Waals surface area contributed by atoms with Gasteiger partial charge in [-0.05, 0) is 19.1 Å². The van der Waals surface area contributed by atoms with Gasteiger partial charge in [-0.15, -0.1) is 0 Å². The summed E-state index contributed by atoms with van der Waals surface area (Å²) in [5, 5.41) is 9.28. The molecule has 0 saturated heterocycles. The van der Waals surface area contributed by atoms with Crippen molar-refractivity contribution in [2.45, 2.75) is 13.3 Å². The fraction of sp³-hybridized carbons (Fsp3) is 0.273. The molecule has 0 saturated carbocycles. The third kappa shape index (κ3) is 2.23. The summed E-state index contributed by atoms with van der Waals surface area (Å²) in [6.45, 7) is 1.89. The van der Waals surface area contributed by atoms with Crippen molar-refractivity contribution in [2.24, 2.45) is 0 Å². The van der Waals surface area contributed by atoms with E-state index < -0.39 is 0 Å². The zero-order chi connectivity index (χ0) is 11.5. The van der Waals surface area contributed by atoms with Gasteiger partial charge >= 0.3 is 0 Å². The fourth-order valence-corrected chi connectivity index (χ4v) is 1.50. The topological polar surface area (TPSA) is 59.2 Å². The molecule has 0 atom stereocenters. The fourth-order valence-electron chi connectivity index (χ4n) is 1.39. The van der Waals surface area contributed by atoms with Gasteiger partial charge in [0.15, 0.2) is 0 Å². The Morgan fingerprint density at radius 1 is 1.44 bits per heavy atom. The predicted octanol–water partition coefficient (Wildman–Crippen LogP) is 2.23. The summed E-state index contributed by atoms with van der Waals surface area (Å²) in [7, 11) is 0. The largest absolute Gasteiger partial charge is 0.441 e. The maximum absolute atomic E-state index is 8.85. The number of aliphatic hydroxyl groups is 1. The van der Waals surface area contributed by atoms with Crippen LogP contribution in [0, 0.1) is 6.92 Å². The Balaban J connectivity index is 2.33. The van der Waals surface area contributed by atoms with Crippen LogP contribution in [0.4, 0.5) is 0 Å². The summed E-state index contributed by atoms with van der Waals surface area (Å²) in [6, 6.07) is 3.48. The van der Waals surface area contributed by atoms with Crippen molar-refractivity contribution in [1.29, 1.82) is 0 Å². The predicted molar refractivity (Wildman–Crippen MR) is 60.3 cm³/mol. The molecular weight excluding hydrogens is 228 g/mol. The lowest BCUT2D eigenvalue weighted by molar-refractivity contribution is 0.297. The van der Waals surface area contributed by atoms with Crippen LogP contribution in [0.3, 0.4) is 0 Å². The average Bonchev–Trinajstić information content (AvgIpc) is 2.62. The molecule has 0 aromatic carbocycles. The van der Waals surface area contributed by atoms with Crippen LogP contribution in [0.1, 0.15) is 11.5 Å². The Kier molecular flexibility index (Phi) is 3.22. The van der Waals surface area contributed by atoms with E-state index in [1.54, 1.807) is 18.3 Å². The molecule has 0 bridgehead atoms. The second-order valence-corrected chi connectivity index (χ2v) is 3.75. The second kappa shape index (κ2) is 4.63. The molecule has 84 valence electrons. The standard InChI is InChI=1S/C11H11ClN2O2/c1-7-9(4-5-15)14-11(16-7)8-2-3-10(12)13-6-8/h2-3,6,15H,4-5H2,1H3. The number of hydrogen-bond acceptors (Lipinski definition) is 4. The van der Waals surface area contributed by atoms with E-state index in [1.165, 1.54) is 0 Å². The van der Waals surface area contributed by atoms with Crippen molar-refractivity contribution >= 4 is 11.6 Å². The van der Waals surface area contributed by atoms with Crippen LogP contribution < -0.4 is 0 Å². The van der Waals surface area contributed by atoms with Crippen LogP contribution in [-0.2, 0) is 6.42 Å². The van der Waals surface area contributed by atoms with Gasteiger partial charge in [-0.25, -0.2) is 9.97 Å². The second-order valence-electron chi connectivity index (χ2n) is 3.37. The van der Waals surface area contributed by atoms with Crippen molar-refractivity contribution in [3.05, 3.63) is 34.9 Å². The number of aryl methyl sites for hydroxylation is 1. The van der Waals surface area contributed by atoms with E-state index in [0.717, 1.165) is 17.0 Å². The number of hydrogen-bond donors (Lipinski definition) is 1. The Morgan fingerprint density at radius 2 is 2.25 bits per heavy atom. The van der Waals surface area contributed by atoms with Crippen LogP contribution in [0.2, 0.25) is 5.15 Å². The van der Waals surface area contributed by atoms with E-state index in [9.17, 15) is 0 Å². The van der Waals surface area contributed by atoms with E-state index in [-0.39, 0.29) is 6.61 Å². The van der Waals surface area contributed by atoms with Gasteiger partial charge < -0.3 is 9.52 Å². The molecular formula is C11H11ClN2O2. The van der Waals surface area contributed by atoms with Gasteiger partial charge in [-0.3, -0.25) is 0 Å². The molecule has 0 fully saturated rings. The molecule has 0 aliphatic carbocycles. The number of rotatable bonds is 3. The number of halogens is 1. The van der Waals surface area contributed by atoms with Gasteiger partial charge in [0.1, 0.15) is 10.9 Å². The quantitative estimate of drug-likeness (QED) is 0.833. The summed E-state index contributed by atoms with van der Waals surface area (Å²) in [5.41, 5.74) is 1.55. The maximum Gasteiger partial charge on any atom is 0.228 e. The number of oxazole rings is 1. The minimum atomic E-state index is 0.0612. The number of aliphatic hydroxyl groups excluding tert-OH is 1. The van der Waals surface area contributed by atoms with Crippen molar-refractivity contribution in [2.75, 3.05) is 6.61 Å². The Hall–Kier alpha value is -1.39. The van der Waals surface area contributed by atoms with Gasteiger partial charge in [-0.1, -0.05) is 11.6 Å². The summed E-state index contributed by atoms with van der Waals surface area (Å²) in [6.07, 6.45) is 2.10. The molecule has 0 spiro atoms. The number of nitrogens with zero attached hydrogens (tertiary/aromatic N) is 2. The smallest absolute Gasteiger partial charge is 0.228 e. The van der Waals surface area contributed by atoms with Crippen LogP contribution in [0.25, 0.3) is 11.5 Å². The molecule has 2 aromatic heterocycles. The van der Waals surface area contributed by atoms with Crippen molar-refractivity contribution < 1.29 is 9.52 Å². The van der Waals surface area contributed by atoms with E-state index in [1.807, 2.05) is 6.92 Å². The van der Waals surface area contributed by atoms with Gasteiger partial charge in [0.2, 0.25) is 5.89 Å². The molecule has 2 rings (SSSR count). The Morgan fingerprint density at radius 3 is 2.88 bits per heavy atom. The number of pyridine rings is 1. The van der Waals surface area contributed by atoms with Crippen molar-refractivity contribution in [3.8, 4) is 11.5 Å². The molecule has 0 aliphatic rings. The molecule has 1 N–H and O–H groups in total. The molecule has 2 aromatic rings. The summed E-state index contributed by atoms with van der Waals surface area (Å²) < 4.78 is 5.49. The van der Waals surface area contributed by atoms with Gasteiger partial charge in [0, 0.05) is 19.2 Å². The monoisotopic (exact) mass is 238 g/mol. The molecule has 2 heterocycles. The minimum absolute atomic E-state index is 0.0612. The highest BCUT2D eigenvalue weighted by Crippen LogP contribution is 2.22. The first-order chi connectivity index (χ1) is 7.70. The third-order valence-electron chi connectivity index (χ3n) is 2.22. The van der Waals surface area contributed by atoms with Crippen LogP contribution in [-0.4, -0.2) is 21.7 Å². The zero-order valence-corrected chi connectivity index (χ0v) is 9.53. The van der Waals surface area contributed by atoms with Crippen molar-refractivity contribution in [3.63, 3.8) is 0 Å². The van der Waals surface area contributed by atoms with E-state index >= 15 is 0 Å². The van der Waals surface area contributed by atoms with Gasteiger partial charge in [-0.2, -0.15) is 0 Å². The zero-order valence-electron chi connectivity index (χ0n) is 8.77. The highest BCUT2D eigenvalue weighted by atomic mass is 35.5. The van der Waals surface area contributed by atoms with Crippen LogP contribution in [0.15, 0.2) is 22.7 Å². The van der Waals surface area contributed by atoms with Crippen molar-refractivity contribution in [1.82, 2.24) is 9.97 Å². The summed E-state index contributed by atoms with van der Waals surface area (Å²) >= 11 is 5.69. The molecule has 5 heteroatoms.